The van der Waals surface area contributed by atoms with Gasteiger partial charge in [-0.1, -0.05) is 18.2 Å². The van der Waals surface area contributed by atoms with Gasteiger partial charge in [-0.3, -0.25) is 9.59 Å². The molecular weight excluding hydrogens is 303 g/mol. The van der Waals surface area contributed by atoms with Gasteiger partial charge in [-0.15, -0.1) is 0 Å². The molecule has 2 aromatic rings. The number of halogens is 1. The van der Waals surface area contributed by atoms with E-state index in [9.17, 15) is 14.0 Å². The normalized spacial score (nSPS) is 20.5. The molecule has 1 aliphatic rings. The van der Waals surface area contributed by atoms with Crippen LogP contribution in [0.3, 0.4) is 0 Å². The fourth-order valence-electron chi connectivity index (χ4n) is 2.52. The molecule has 0 bridgehead atoms. The summed E-state index contributed by atoms with van der Waals surface area (Å²) in [7, 11) is 0. The van der Waals surface area contributed by atoms with Gasteiger partial charge in [-0.25, -0.2) is 4.39 Å². The number of nitrogens with two attached hydrogens (primary N) is 1. The van der Waals surface area contributed by atoms with Crippen LogP contribution in [-0.2, 0) is 4.79 Å². The van der Waals surface area contributed by atoms with Crippen molar-refractivity contribution in [3.8, 4) is 11.7 Å². The lowest BCUT2D eigenvalue weighted by atomic mass is 10.2. The van der Waals surface area contributed by atoms with Gasteiger partial charge in [-0.2, -0.15) is 0 Å². The molecule has 1 fully saturated rings. The largest absolute Gasteiger partial charge is 0.426 e. The van der Waals surface area contributed by atoms with E-state index in [1.165, 1.54) is 12.1 Å². The van der Waals surface area contributed by atoms with Crippen LogP contribution < -0.4 is 10.5 Å². The Labute approximate surface area is 131 Å². The fraction of sp³-hybridized carbons (Fsp3) is 0.250. The summed E-state index contributed by atoms with van der Waals surface area (Å²) in [6.07, 6.45) is -1.36. The highest BCUT2D eigenvalue weighted by atomic mass is 19.1. The van der Waals surface area contributed by atoms with E-state index < -0.39 is 24.0 Å². The monoisotopic (exact) mass is 318 g/mol. The molecule has 6 nitrogen and oxygen atoms in total. The van der Waals surface area contributed by atoms with Gasteiger partial charge in [0, 0.05) is 12.5 Å². The second kappa shape index (κ2) is 6.12. The van der Waals surface area contributed by atoms with E-state index in [-0.39, 0.29) is 24.7 Å². The van der Waals surface area contributed by atoms with Crippen LogP contribution in [0.5, 0.6) is 11.7 Å². The maximum Gasteiger partial charge on any atom is 0.290 e. The van der Waals surface area contributed by atoms with Gasteiger partial charge in [-0.05, 0) is 18.2 Å². The van der Waals surface area contributed by atoms with Crippen molar-refractivity contribution in [1.82, 2.24) is 4.90 Å². The first kappa shape index (κ1) is 15.1. The third-order valence-electron chi connectivity index (χ3n) is 3.59. The van der Waals surface area contributed by atoms with Gasteiger partial charge in [0.15, 0.2) is 5.76 Å². The number of furan rings is 1. The number of amides is 2. The van der Waals surface area contributed by atoms with Gasteiger partial charge < -0.3 is 19.8 Å². The van der Waals surface area contributed by atoms with E-state index >= 15 is 0 Å². The fourth-order valence-corrected chi connectivity index (χ4v) is 2.52. The Morgan fingerprint density at radius 1 is 1.22 bits per heavy atom. The molecule has 3 rings (SSSR count). The predicted molar refractivity (Wildman–Crippen MR) is 78.8 cm³/mol. The topological polar surface area (TPSA) is 85.8 Å². The molecule has 0 aliphatic carbocycles. The molecular formula is C16H15FN2O4. The minimum atomic E-state index is -1.27. The van der Waals surface area contributed by atoms with Crippen molar-refractivity contribution in [2.24, 2.45) is 5.73 Å². The van der Waals surface area contributed by atoms with Gasteiger partial charge in [0.05, 0.1) is 6.54 Å². The number of primary amides is 1. The molecule has 2 heterocycles. The smallest absolute Gasteiger partial charge is 0.290 e. The maximum atomic E-state index is 13.5. The van der Waals surface area contributed by atoms with Crippen molar-refractivity contribution in [1.29, 1.82) is 0 Å². The molecule has 1 saturated heterocycles. The standard InChI is InChI=1S/C16H15FN2O4/c17-10-8-12(15(18)20)19(9-10)16(21)13-6-7-14(23-13)22-11-4-2-1-3-5-11/h1-7,10,12H,8-9H2,(H2,18,20)/t10-,12+/m1/s1. The minimum Gasteiger partial charge on any atom is -0.426 e. The van der Waals surface area contributed by atoms with E-state index in [0.29, 0.717) is 5.75 Å². The quantitative estimate of drug-likeness (QED) is 0.935. The SMILES string of the molecule is NC(=O)[C@@H]1C[C@@H](F)CN1C(=O)c1ccc(Oc2ccccc2)o1. The van der Waals surface area contributed by atoms with E-state index in [2.05, 4.69) is 0 Å². The summed E-state index contributed by atoms with van der Waals surface area (Å²) in [6, 6.07) is 10.9. The zero-order valence-electron chi connectivity index (χ0n) is 12.1. The summed E-state index contributed by atoms with van der Waals surface area (Å²) in [5, 5.41) is 0. The van der Waals surface area contributed by atoms with Crippen LogP contribution in [0.15, 0.2) is 46.9 Å². The Kier molecular flexibility index (Phi) is 4.01. The van der Waals surface area contributed by atoms with E-state index in [1.54, 1.807) is 24.3 Å². The third kappa shape index (κ3) is 3.18. The van der Waals surface area contributed by atoms with Crippen LogP contribution in [-0.4, -0.2) is 35.5 Å². The predicted octanol–water partition coefficient (Wildman–Crippen LogP) is 2.11. The first-order chi connectivity index (χ1) is 11.0. The lowest BCUT2D eigenvalue weighted by Gasteiger charge is -2.20. The Bertz CT molecular complexity index is 716. The second-order valence-electron chi connectivity index (χ2n) is 5.24. The van der Waals surface area contributed by atoms with Crippen molar-refractivity contribution in [2.75, 3.05) is 6.54 Å². The van der Waals surface area contributed by atoms with Gasteiger partial charge in [0.1, 0.15) is 18.0 Å². The summed E-state index contributed by atoms with van der Waals surface area (Å²) in [4.78, 5) is 24.8. The number of alkyl halides is 1. The third-order valence-corrected chi connectivity index (χ3v) is 3.59. The average Bonchev–Trinajstić information content (AvgIpc) is 3.14. The van der Waals surface area contributed by atoms with Crippen LogP contribution in [0, 0.1) is 0 Å². The molecule has 0 unspecified atom stereocenters. The van der Waals surface area contributed by atoms with Crippen LogP contribution >= 0.6 is 0 Å². The molecule has 0 spiro atoms. The van der Waals surface area contributed by atoms with E-state index in [4.69, 9.17) is 14.9 Å². The van der Waals surface area contributed by atoms with Crippen molar-refractivity contribution in [2.45, 2.75) is 18.6 Å². The number of likely N-dealkylation sites (tertiary alicyclic amines) is 1. The zero-order valence-corrected chi connectivity index (χ0v) is 12.1. The highest BCUT2D eigenvalue weighted by molar-refractivity contribution is 5.95. The van der Waals surface area contributed by atoms with Gasteiger partial charge in [0.2, 0.25) is 5.91 Å². The van der Waals surface area contributed by atoms with E-state index in [0.717, 1.165) is 4.90 Å². The Morgan fingerprint density at radius 3 is 2.65 bits per heavy atom. The summed E-state index contributed by atoms with van der Waals surface area (Å²) in [5.41, 5.74) is 5.22. The molecule has 7 heteroatoms. The molecule has 2 atom stereocenters. The van der Waals surface area contributed by atoms with Crippen LogP contribution in [0.4, 0.5) is 4.39 Å². The van der Waals surface area contributed by atoms with Crippen LogP contribution in [0.1, 0.15) is 17.0 Å². The summed E-state index contributed by atoms with van der Waals surface area (Å²) >= 11 is 0. The number of carbonyl (C=O) groups excluding carboxylic acids is 2. The lowest BCUT2D eigenvalue weighted by molar-refractivity contribution is -0.121. The van der Waals surface area contributed by atoms with Crippen molar-refractivity contribution in [3.63, 3.8) is 0 Å². The molecule has 2 N–H and O–H groups in total. The van der Waals surface area contributed by atoms with Gasteiger partial charge in [0.25, 0.3) is 11.9 Å². The Hall–Kier alpha value is -2.83. The molecule has 0 radical (unpaired) electrons. The number of benzene rings is 1. The summed E-state index contributed by atoms with van der Waals surface area (Å²) in [5.74, 6) is -0.661. The first-order valence-corrected chi connectivity index (χ1v) is 7.11. The highest BCUT2D eigenvalue weighted by Crippen LogP contribution is 2.27. The lowest BCUT2D eigenvalue weighted by Crippen LogP contribution is -2.43. The Morgan fingerprint density at radius 2 is 1.96 bits per heavy atom. The molecule has 120 valence electrons. The Balaban J connectivity index is 1.74. The van der Waals surface area contributed by atoms with Crippen molar-refractivity contribution < 1.29 is 23.1 Å². The number of hydrogen-bond donors (Lipinski definition) is 1. The maximum absolute atomic E-state index is 13.5. The molecule has 1 aliphatic heterocycles. The minimum absolute atomic E-state index is 0.0312. The number of para-hydroxylation sites is 1. The zero-order chi connectivity index (χ0) is 16.4. The molecule has 1 aromatic carbocycles. The first-order valence-electron chi connectivity index (χ1n) is 7.11. The van der Waals surface area contributed by atoms with E-state index in [1.807, 2.05) is 6.07 Å². The van der Waals surface area contributed by atoms with Crippen LogP contribution in [0.25, 0.3) is 0 Å². The molecule has 2 amide bonds. The van der Waals surface area contributed by atoms with Crippen molar-refractivity contribution in [3.05, 3.63) is 48.2 Å². The molecule has 23 heavy (non-hydrogen) atoms. The van der Waals surface area contributed by atoms with Crippen LogP contribution in [0.2, 0.25) is 0 Å². The molecule has 1 aromatic heterocycles. The highest BCUT2D eigenvalue weighted by Gasteiger charge is 2.40. The molecule has 0 saturated carbocycles. The summed E-state index contributed by atoms with van der Waals surface area (Å²) < 4.78 is 24.3. The second-order valence-corrected chi connectivity index (χ2v) is 5.24. The van der Waals surface area contributed by atoms with Gasteiger partial charge >= 0.3 is 0 Å². The van der Waals surface area contributed by atoms with Crippen molar-refractivity contribution >= 4 is 11.8 Å². The number of hydrogen-bond acceptors (Lipinski definition) is 4. The number of nitrogens with zero attached hydrogens (tertiary/aromatic N) is 1. The number of carbonyl (C=O) groups is 2. The summed E-state index contributed by atoms with van der Waals surface area (Å²) in [6.45, 7) is -0.179. The average molecular weight is 318 g/mol. The number of rotatable bonds is 4. The number of ether oxygens (including phenoxy) is 1.